The van der Waals surface area contributed by atoms with Crippen LogP contribution in [-0.2, 0) is 0 Å². The summed E-state index contributed by atoms with van der Waals surface area (Å²) in [7, 11) is 4.17. The summed E-state index contributed by atoms with van der Waals surface area (Å²) in [6, 6.07) is 0.702. The monoisotopic (exact) mass is 348 g/mol. The molecule has 0 unspecified atom stereocenters. The zero-order valence-corrected chi connectivity index (χ0v) is 17.8. The van der Waals surface area contributed by atoms with Crippen LogP contribution in [0.15, 0.2) is 0 Å². The summed E-state index contributed by atoms with van der Waals surface area (Å²) in [5.41, 5.74) is 0. The van der Waals surface area contributed by atoms with Crippen LogP contribution in [0.4, 0.5) is 0 Å². The maximum Gasteiger partial charge on any atom is 0.0334 e. The van der Waals surface area contributed by atoms with Crippen LogP contribution in [-0.4, -0.2) is 59.1 Å². The van der Waals surface area contributed by atoms with Gasteiger partial charge in [-0.2, -0.15) is 0 Å². The first-order chi connectivity index (χ1) is 10.4. The number of piperazine rings is 1. The average molecular weight is 349 g/mol. The summed E-state index contributed by atoms with van der Waals surface area (Å²) in [5.74, 6) is 1.31. The Bertz CT molecular complexity index is 249. The van der Waals surface area contributed by atoms with Crippen LogP contribution in [0.3, 0.4) is 0 Å². The van der Waals surface area contributed by atoms with Gasteiger partial charge in [-0.3, -0.25) is 9.80 Å². The van der Waals surface area contributed by atoms with Crippen LogP contribution in [0.1, 0.15) is 67.7 Å². The summed E-state index contributed by atoms with van der Waals surface area (Å²) in [6.07, 6.45) is 4.08. The fraction of sp³-hybridized carbons (Fsp3) is 1.00. The van der Waals surface area contributed by atoms with E-state index < -0.39 is 0 Å². The molecule has 0 aromatic heterocycles. The van der Waals surface area contributed by atoms with Gasteiger partial charge < -0.3 is 0 Å². The van der Waals surface area contributed by atoms with Crippen molar-refractivity contribution in [2.45, 2.75) is 78.5 Å². The number of unbranched alkanes of at least 4 members (excludes halogenated alkanes) is 2. The molecule has 0 atom stereocenters. The highest BCUT2D eigenvalue weighted by atomic mass is 33.1. The van der Waals surface area contributed by atoms with Crippen molar-refractivity contribution in [3.8, 4) is 0 Å². The highest BCUT2D eigenvalue weighted by molar-refractivity contribution is 8.77. The van der Waals surface area contributed by atoms with Crippen LogP contribution < -0.4 is 0 Å². The smallest absolute Gasteiger partial charge is 0.0334 e. The molecule has 0 spiro atoms. The maximum atomic E-state index is 2.65. The van der Waals surface area contributed by atoms with Gasteiger partial charge >= 0.3 is 0 Å². The Hall–Kier alpha value is 0.620. The molecule has 1 rings (SSSR count). The van der Waals surface area contributed by atoms with E-state index in [-0.39, 0.29) is 0 Å². The van der Waals surface area contributed by atoms with Gasteiger partial charge in [-0.1, -0.05) is 55.2 Å². The second-order valence-corrected chi connectivity index (χ2v) is 9.90. The topological polar surface area (TPSA) is 6.48 Å². The van der Waals surface area contributed by atoms with E-state index in [9.17, 15) is 0 Å². The Morgan fingerprint density at radius 2 is 1.59 bits per heavy atom. The largest absolute Gasteiger partial charge is 0.299 e. The molecule has 1 heterocycles. The minimum Gasteiger partial charge on any atom is -0.299 e. The lowest BCUT2D eigenvalue weighted by atomic mass is 10.1. The molecule has 22 heavy (non-hydrogen) atoms. The molecule has 0 aromatic carbocycles. The van der Waals surface area contributed by atoms with E-state index in [0.717, 1.165) is 0 Å². The number of rotatable bonds is 9. The summed E-state index contributed by atoms with van der Waals surface area (Å²) in [5, 5.41) is 0. The van der Waals surface area contributed by atoms with Crippen molar-refractivity contribution in [1.29, 1.82) is 0 Å². The zero-order chi connectivity index (χ0) is 17.0. The van der Waals surface area contributed by atoms with Gasteiger partial charge in [0, 0.05) is 49.3 Å². The molecule has 0 radical (unpaired) electrons. The van der Waals surface area contributed by atoms with Crippen molar-refractivity contribution in [2.24, 2.45) is 0 Å². The summed E-state index contributed by atoms with van der Waals surface area (Å²) >= 11 is 0. The molecule has 1 fully saturated rings. The second-order valence-electron chi connectivity index (χ2n) is 6.78. The second kappa shape index (κ2) is 13.0. The third kappa shape index (κ3) is 10.4. The fourth-order valence-electron chi connectivity index (χ4n) is 2.61. The molecule has 0 amide bonds. The number of hydrogen-bond donors (Lipinski definition) is 0. The van der Waals surface area contributed by atoms with Gasteiger partial charge in [0.25, 0.3) is 0 Å². The van der Waals surface area contributed by atoms with E-state index in [1.807, 2.05) is 13.8 Å². The van der Waals surface area contributed by atoms with Crippen molar-refractivity contribution in [2.75, 3.05) is 38.5 Å². The van der Waals surface area contributed by atoms with Crippen LogP contribution in [0.2, 0.25) is 0 Å². The van der Waals surface area contributed by atoms with Gasteiger partial charge in [-0.05, 0) is 34.1 Å². The zero-order valence-electron chi connectivity index (χ0n) is 16.2. The average Bonchev–Trinajstić information content (AvgIpc) is 2.49. The van der Waals surface area contributed by atoms with Crippen LogP contribution in [0.25, 0.3) is 0 Å². The predicted molar refractivity (Wildman–Crippen MR) is 108 cm³/mol. The van der Waals surface area contributed by atoms with Crippen LogP contribution >= 0.6 is 21.6 Å². The molecule has 1 aliphatic heterocycles. The molecule has 0 N–H and O–H groups in total. The van der Waals surface area contributed by atoms with E-state index in [2.05, 4.69) is 66.0 Å². The standard InChI is InChI=1S/C16H34N2S2.C2H6/c1-6-7-8-13-19-20-16(4,5)14-17-9-11-18(12-10-17)15(2)3;1-2/h15H,6-14H2,1-5H3;1-2H3. The minimum atomic E-state index is 0.372. The van der Waals surface area contributed by atoms with Crippen molar-refractivity contribution in [3.63, 3.8) is 0 Å². The summed E-state index contributed by atoms with van der Waals surface area (Å²) in [4.78, 5) is 5.24. The van der Waals surface area contributed by atoms with E-state index in [1.54, 1.807) is 0 Å². The lowest BCUT2D eigenvalue weighted by Crippen LogP contribution is -2.51. The molecule has 0 saturated carbocycles. The Morgan fingerprint density at radius 1 is 1.00 bits per heavy atom. The molecule has 1 saturated heterocycles. The highest BCUT2D eigenvalue weighted by Gasteiger charge is 2.26. The Labute approximate surface area is 148 Å². The Kier molecular flexibility index (Phi) is 13.3. The van der Waals surface area contributed by atoms with E-state index in [1.165, 1.54) is 57.7 Å². The molecule has 0 aromatic rings. The molecule has 2 nitrogen and oxygen atoms in total. The van der Waals surface area contributed by atoms with Gasteiger partial charge in [0.05, 0.1) is 0 Å². The SMILES string of the molecule is CC.CCCCCSSC(C)(C)CN1CCN(C(C)C)CC1. The lowest BCUT2D eigenvalue weighted by molar-refractivity contribution is 0.104. The quantitative estimate of drug-likeness (QED) is 0.407. The number of hydrogen-bond acceptors (Lipinski definition) is 4. The van der Waals surface area contributed by atoms with Crippen molar-refractivity contribution < 1.29 is 0 Å². The van der Waals surface area contributed by atoms with Gasteiger partial charge in [-0.15, -0.1) is 0 Å². The van der Waals surface area contributed by atoms with E-state index >= 15 is 0 Å². The first-order valence-electron chi connectivity index (χ1n) is 9.21. The minimum absolute atomic E-state index is 0.372. The van der Waals surface area contributed by atoms with E-state index in [0.29, 0.717) is 10.8 Å². The summed E-state index contributed by atoms with van der Waals surface area (Å²) in [6.45, 7) is 21.9. The Morgan fingerprint density at radius 3 is 2.09 bits per heavy atom. The van der Waals surface area contributed by atoms with Crippen LogP contribution in [0, 0.1) is 0 Å². The molecule has 0 aliphatic carbocycles. The number of nitrogens with zero attached hydrogens (tertiary/aromatic N) is 2. The van der Waals surface area contributed by atoms with Crippen LogP contribution in [0.5, 0.6) is 0 Å². The Balaban J connectivity index is 0.00000211. The van der Waals surface area contributed by atoms with Crippen molar-refractivity contribution in [3.05, 3.63) is 0 Å². The molecule has 0 bridgehead atoms. The van der Waals surface area contributed by atoms with Gasteiger partial charge in [-0.25, -0.2) is 0 Å². The summed E-state index contributed by atoms with van der Waals surface area (Å²) < 4.78 is 0.372. The fourth-order valence-corrected chi connectivity index (χ4v) is 5.29. The molecule has 134 valence electrons. The maximum absolute atomic E-state index is 2.65. The predicted octanol–water partition coefficient (Wildman–Crippen LogP) is 5.39. The first-order valence-corrected chi connectivity index (χ1v) is 11.5. The highest BCUT2D eigenvalue weighted by Crippen LogP contribution is 2.36. The van der Waals surface area contributed by atoms with Crippen molar-refractivity contribution in [1.82, 2.24) is 9.80 Å². The molecule has 4 heteroatoms. The van der Waals surface area contributed by atoms with Gasteiger partial charge in [0.15, 0.2) is 0 Å². The normalized spacial score (nSPS) is 17.5. The van der Waals surface area contributed by atoms with Gasteiger partial charge in [0.2, 0.25) is 0 Å². The van der Waals surface area contributed by atoms with Crippen molar-refractivity contribution >= 4 is 21.6 Å². The third-order valence-electron chi connectivity index (χ3n) is 3.86. The van der Waals surface area contributed by atoms with Gasteiger partial charge in [0.1, 0.15) is 0 Å². The first kappa shape index (κ1) is 22.6. The lowest BCUT2D eigenvalue weighted by Gasteiger charge is -2.40. The molecule has 1 aliphatic rings. The van der Waals surface area contributed by atoms with E-state index in [4.69, 9.17) is 0 Å². The molecular weight excluding hydrogens is 308 g/mol. The molecular formula is C18H40N2S2. The third-order valence-corrected chi connectivity index (χ3v) is 7.22.